The maximum absolute atomic E-state index is 11.7. The summed E-state index contributed by atoms with van der Waals surface area (Å²) in [5.74, 6) is 0. The summed E-state index contributed by atoms with van der Waals surface area (Å²) in [5, 5.41) is 0. The molecule has 0 bridgehead atoms. The van der Waals surface area contributed by atoms with Crippen LogP contribution in [0.5, 0.6) is 0 Å². The van der Waals surface area contributed by atoms with Crippen LogP contribution in [0.1, 0.15) is 11.1 Å². The quantitative estimate of drug-likeness (QED) is 0.518. The normalized spacial score (nSPS) is 30.0. The van der Waals surface area contributed by atoms with Gasteiger partial charge in [-0.2, -0.15) is 16.8 Å². The van der Waals surface area contributed by atoms with E-state index >= 15 is 0 Å². The van der Waals surface area contributed by atoms with Gasteiger partial charge >= 0.3 is 0 Å². The first-order chi connectivity index (χ1) is 8.95. The Labute approximate surface area is 115 Å². The van der Waals surface area contributed by atoms with Crippen molar-refractivity contribution >= 4 is 26.3 Å². The second kappa shape index (κ2) is 4.10. The Morgan fingerprint density at radius 1 is 0.950 bits per heavy atom. The third-order valence-corrected chi connectivity index (χ3v) is 6.10. The van der Waals surface area contributed by atoms with Crippen LogP contribution in [0.4, 0.5) is 0 Å². The van der Waals surface area contributed by atoms with Gasteiger partial charge in [0.15, 0.2) is 0 Å². The van der Waals surface area contributed by atoms with Crippen LogP contribution in [0.25, 0.3) is 6.08 Å². The lowest BCUT2D eigenvalue weighted by molar-refractivity contribution is 0.359. The van der Waals surface area contributed by atoms with E-state index < -0.39 is 30.0 Å². The molecule has 0 spiro atoms. The Balaban J connectivity index is 2.98. The summed E-state index contributed by atoms with van der Waals surface area (Å²) < 4.78 is 65.0. The van der Waals surface area contributed by atoms with Crippen molar-refractivity contribution in [3.63, 3.8) is 0 Å². The van der Waals surface area contributed by atoms with Crippen LogP contribution >= 0.6 is 0 Å². The molecule has 10 heteroatoms. The van der Waals surface area contributed by atoms with E-state index in [1.807, 2.05) is 0 Å². The van der Waals surface area contributed by atoms with Gasteiger partial charge in [-0.1, -0.05) is 30.3 Å². The van der Waals surface area contributed by atoms with Crippen LogP contribution in [0.15, 0.2) is 30.3 Å². The van der Waals surface area contributed by atoms with E-state index in [0.717, 1.165) is 6.08 Å². The smallest absolute Gasteiger partial charge is 0.291 e. The van der Waals surface area contributed by atoms with Gasteiger partial charge < -0.3 is 11.5 Å². The van der Waals surface area contributed by atoms with E-state index in [-0.39, 0.29) is 11.1 Å². The Kier molecular flexibility index (Phi) is 3.09. The molecule has 6 N–H and O–H groups in total. The number of rotatable bonds is 2. The van der Waals surface area contributed by atoms with Crippen molar-refractivity contribution in [1.29, 1.82) is 0 Å². The van der Waals surface area contributed by atoms with Crippen molar-refractivity contribution in [2.45, 2.75) is 9.74 Å². The lowest BCUT2D eigenvalue weighted by atomic mass is 9.89. The van der Waals surface area contributed by atoms with Crippen LogP contribution in [0.3, 0.4) is 0 Å². The third kappa shape index (κ3) is 1.74. The number of hydrogen-bond donors (Lipinski definition) is 4. The van der Waals surface area contributed by atoms with Gasteiger partial charge in [-0.3, -0.25) is 9.11 Å². The van der Waals surface area contributed by atoms with Crippen molar-refractivity contribution in [3.05, 3.63) is 41.5 Å². The summed E-state index contributed by atoms with van der Waals surface area (Å²) in [6, 6.07) is 5.63. The zero-order valence-corrected chi connectivity index (χ0v) is 11.6. The minimum absolute atomic E-state index is 0.231. The third-order valence-electron chi connectivity index (χ3n) is 3.29. The number of hydrogen-bond acceptors (Lipinski definition) is 6. The van der Waals surface area contributed by atoms with Gasteiger partial charge in [0, 0.05) is 5.56 Å². The second-order valence-corrected chi connectivity index (χ2v) is 7.62. The van der Waals surface area contributed by atoms with Crippen LogP contribution in [0, 0.1) is 0 Å². The summed E-state index contributed by atoms with van der Waals surface area (Å²) >= 11 is 0. The lowest BCUT2D eigenvalue weighted by Crippen LogP contribution is -2.70. The second-order valence-electron chi connectivity index (χ2n) is 4.40. The van der Waals surface area contributed by atoms with Crippen LogP contribution in [-0.4, -0.2) is 30.8 Å². The molecule has 20 heavy (non-hydrogen) atoms. The molecule has 0 radical (unpaired) electrons. The van der Waals surface area contributed by atoms with Gasteiger partial charge in [0.05, 0.1) is 0 Å². The predicted molar refractivity (Wildman–Crippen MR) is 71.4 cm³/mol. The monoisotopic (exact) mass is 320 g/mol. The summed E-state index contributed by atoms with van der Waals surface area (Å²) in [6.07, 6.45) is 1.94. The molecule has 0 fully saturated rings. The standard InChI is InChI=1S/C10H12N2O6S2/c11-9(19(13,14)15)6-5-7-3-1-2-4-8(7)10(9,12)20(16,17)18/h1-6H,11-12H2,(H,13,14,15)(H,16,17,18). The van der Waals surface area contributed by atoms with Gasteiger partial charge in [0.1, 0.15) is 0 Å². The highest BCUT2D eigenvalue weighted by atomic mass is 32.2. The Morgan fingerprint density at radius 3 is 2.00 bits per heavy atom. The zero-order chi connectivity index (χ0) is 15.4. The maximum atomic E-state index is 11.7. The molecule has 0 aliphatic heterocycles. The molecular weight excluding hydrogens is 308 g/mol. The number of nitrogens with two attached hydrogens (primary N) is 2. The fraction of sp³-hybridized carbons (Fsp3) is 0.200. The summed E-state index contributed by atoms with van der Waals surface area (Å²) in [6.45, 7) is 0. The highest BCUT2D eigenvalue weighted by molar-refractivity contribution is 7.91. The van der Waals surface area contributed by atoms with Crippen LogP contribution < -0.4 is 11.5 Å². The SMILES string of the molecule is NC1(S(=O)(=O)O)C=Cc2ccccc2C1(N)S(=O)(=O)O. The first kappa shape index (κ1) is 15.1. The van der Waals surface area contributed by atoms with Gasteiger partial charge in [0.25, 0.3) is 20.2 Å². The van der Waals surface area contributed by atoms with Gasteiger partial charge in [0.2, 0.25) is 9.74 Å². The predicted octanol–water partition coefficient (Wildman–Crippen LogP) is -0.744. The summed E-state index contributed by atoms with van der Waals surface area (Å²) in [5.41, 5.74) is 11.2. The average Bonchev–Trinajstić information content (AvgIpc) is 2.31. The highest BCUT2D eigenvalue weighted by Gasteiger charge is 2.64. The van der Waals surface area contributed by atoms with E-state index in [1.165, 1.54) is 24.3 Å². The molecule has 0 amide bonds. The Bertz CT molecular complexity index is 801. The van der Waals surface area contributed by atoms with Crippen molar-refractivity contribution < 1.29 is 25.9 Å². The van der Waals surface area contributed by atoms with E-state index in [9.17, 15) is 25.9 Å². The molecule has 2 rings (SSSR count). The fourth-order valence-corrected chi connectivity index (χ4v) is 4.45. The molecule has 1 aromatic carbocycles. The Morgan fingerprint density at radius 2 is 1.50 bits per heavy atom. The average molecular weight is 320 g/mol. The van der Waals surface area contributed by atoms with Gasteiger partial charge in [-0.15, -0.1) is 0 Å². The minimum atomic E-state index is -5.17. The van der Waals surface area contributed by atoms with Crippen LogP contribution in [0.2, 0.25) is 0 Å². The molecular formula is C10H12N2O6S2. The molecule has 2 unspecified atom stereocenters. The molecule has 1 aliphatic carbocycles. The molecule has 1 aliphatic rings. The molecule has 2 atom stereocenters. The first-order valence-corrected chi connectivity index (χ1v) is 8.14. The molecule has 0 heterocycles. The number of benzene rings is 1. The number of fused-ring (bicyclic) bond motifs is 1. The molecule has 0 aromatic heterocycles. The molecule has 110 valence electrons. The molecule has 0 saturated carbocycles. The first-order valence-electron chi connectivity index (χ1n) is 5.26. The van der Waals surface area contributed by atoms with Gasteiger partial charge in [-0.25, -0.2) is 0 Å². The van der Waals surface area contributed by atoms with Crippen molar-refractivity contribution in [3.8, 4) is 0 Å². The van der Waals surface area contributed by atoms with E-state index in [4.69, 9.17) is 11.5 Å². The van der Waals surface area contributed by atoms with E-state index in [2.05, 4.69) is 0 Å². The van der Waals surface area contributed by atoms with Crippen molar-refractivity contribution in [1.82, 2.24) is 0 Å². The maximum Gasteiger partial charge on any atom is 0.291 e. The molecule has 8 nitrogen and oxygen atoms in total. The van der Waals surface area contributed by atoms with Gasteiger partial charge in [-0.05, 0) is 11.6 Å². The van der Waals surface area contributed by atoms with Crippen molar-refractivity contribution in [2.75, 3.05) is 0 Å². The van der Waals surface area contributed by atoms with Crippen LogP contribution in [-0.2, 0) is 25.1 Å². The molecule has 0 saturated heterocycles. The minimum Gasteiger partial charge on any atom is -0.304 e. The molecule has 1 aromatic rings. The zero-order valence-electron chi connectivity index (χ0n) is 9.96. The summed E-state index contributed by atoms with van der Waals surface area (Å²) in [7, 11) is -10.3. The van der Waals surface area contributed by atoms with Crippen molar-refractivity contribution in [2.24, 2.45) is 11.5 Å². The Hall–Kier alpha value is -1.30. The largest absolute Gasteiger partial charge is 0.304 e. The van der Waals surface area contributed by atoms with E-state index in [0.29, 0.717) is 0 Å². The highest BCUT2D eigenvalue weighted by Crippen LogP contribution is 2.43. The summed E-state index contributed by atoms with van der Waals surface area (Å²) in [4.78, 5) is -5.85. The van der Waals surface area contributed by atoms with E-state index in [1.54, 1.807) is 6.07 Å². The fourth-order valence-electron chi connectivity index (χ4n) is 2.15. The lowest BCUT2D eigenvalue weighted by Gasteiger charge is -2.41. The topological polar surface area (TPSA) is 161 Å².